The number of ether oxygens (including phenoxy) is 2. The molecule has 4 nitrogen and oxygen atoms in total. The van der Waals surface area contributed by atoms with Crippen LogP contribution in [0.25, 0.3) is 0 Å². The van der Waals surface area contributed by atoms with Crippen molar-refractivity contribution in [2.75, 3.05) is 25.6 Å². The predicted molar refractivity (Wildman–Crippen MR) is 84.3 cm³/mol. The lowest BCUT2D eigenvalue weighted by Gasteiger charge is -2.08. The number of aromatic nitrogens is 1. The van der Waals surface area contributed by atoms with Gasteiger partial charge in [0, 0.05) is 32.0 Å². The predicted octanol–water partition coefficient (Wildman–Crippen LogP) is 3.08. The molecule has 21 heavy (non-hydrogen) atoms. The zero-order chi connectivity index (χ0) is 14.8. The van der Waals surface area contributed by atoms with Crippen molar-refractivity contribution in [3.63, 3.8) is 0 Å². The topological polar surface area (TPSA) is 57.4 Å². The molecule has 0 amide bonds. The highest BCUT2D eigenvalue weighted by molar-refractivity contribution is 5.51. The van der Waals surface area contributed by atoms with E-state index in [0.29, 0.717) is 18.9 Å². The van der Waals surface area contributed by atoms with Crippen molar-refractivity contribution in [2.45, 2.75) is 19.3 Å². The van der Waals surface area contributed by atoms with Gasteiger partial charge < -0.3 is 15.2 Å². The Morgan fingerprint density at radius 1 is 0.905 bits per heavy atom. The second-order valence-electron chi connectivity index (χ2n) is 4.81. The molecule has 0 atom stereocenters. The fourth-order valence-corrected chi connectivity index (χ4v) is 1.98. The molecule has 0 aliphatic carbocycles. The van der Waals surface area contributed by atoms with E-state index in [1.54, 1.807) is 0 Å². The third-order valence-corrected chi connectivity index (χ3v) is 3.11. The van der Waals surface area contributed by atoms with Gasteiger partial charge in [0.2, 0.25) is 0 Å². The van der Waals surface area contributed by atoms with Crippen LogP contribution in [0.15, 0.2) is 48.8 Å². The van der Waals surface area contributed by atoms with E-state index in [2.05, 4.69) is 4.98 Å². The lowest BCUT2D eigenvalue weighted by molar-refractivity contribution is 0.117. The Morgan fingerprint density at radius 2 is 1.67 bits per heavy atom. The lowest BCUT2D eigenvalue weighted by Crippen LogP contribution is -2.05. The summed E-state index contributed by atoms with van der Waals surface area (Å²) >= 11 is 0. The minimum atomic E-state index is 0.624. The molecule has 0 aliphatic heterocycles. The highest BCUT2D eigenvalue weighted by Gasteiger charge is 1.98. The number of nitrogens with zero attached hydrogens (tertiary/aromatic N) is 1. The van der Waals surface area contributed by atoms with Crippen molar-refractivity contribution in [2.24, 2.45) is 0 Å². The molecular weight excluding hydrogens is 264 g/mol. The highest BCUT2D eigenvalue weighted by Crippen LogP contribution is 2.19. The second kappa shape index (κ2) is 8.97. The molecule has 0 aliphatic rings. The fraction of sp³-hybridized carbons (Fsp3) is 0.353. The van der Waals surface area contributed by atoms with Crippen molar-refractivity contribution in [1.29, 1.82) is 0 Å². The van der Waals surface area contributed by atoms with Crippen LogP contribution in [0.5, 0.6) is 5.75 Å². The van der Waals surface area contributed by atoms with Crippen LogP contribution in [0.2, 0.25) is 0 Å². The summed E-state index contributed by atoms with van der Waals surface area (Å²) in [5.74, 6) is 0.746. The van der Waals surface area contributed by atoms with Crippen LogP contribution in [0.4, 0.5) is 5.69 Å². The normalized spacial score (nSPS) is 10.5. The maximum atomic E-state index is 5.80. The number of rotatable bonds is 9. The first-order valence-electron chi connectivity index (χ1n) is 7.30. The number of hydrogen-bond acceptors (Lipinski definition) is 4. The van der Waals surface area contributed by atoms with E-state index in [9.17, 15) is 0 Å². The van der Waals surface area contributed by atoms with Crippen LogP contribution >= 0.6 is 0 Å². The monoisotopic (exact) mass is 286 g/mol. The Kier molecular flexibility index (Phi) is 6.55. The first-order chi connectivity index (χ1) is 10.4. The SMILES string of the molecule is Nc1ccccc1OCCCOCCCc1ccncc1. The van der Waals surface area contributed by atoms with Crippen LogP contribution in [0, 0.1) is 0 Å². The summed E-state index contributed by atoms with van der Waals surface area (Å²) in [5, 5.41) is 0. The van der Waals surface area contributed by atoms with Crippen molar-refractivity contribution < 1.29 is 9.47 Å². The molecule has 1 heterocycles. The first-order valence-corrected chi connectivity index (χ1v) is 7.30. The van der Waals surface area contributed by atoms with E-state index in [0.717, 1.165) is 31.6 Å². The van der Waals surface area contributed by atoms with Crippen LogP contribution in [0.1, 0.15) is 18.4 Å². The zero-order valence-electron chi connectivity index (χ0n) is 12.2. The number of aryl methyl sites for hydroxylation is 1. The summed E-state index contributed by atoms with van der Waals surface area (Å²) < 4.78 is 11.2. The minimum Gasteiger partial charge on any atom is -0.491 e. The Hall–Kier alpha value is -2.07. The molecule has 0 saturated carbocycles. The van der Waals surface area contributed by atoms with Crippen molar-refractivity contribution in [3.8, 4) is 5.75 Å². The van der Waals surface area contributed by atoms with Crippen LogP contribution in [-0.4, -0.2) is 24.8 Å². The van der Waals surface area contributed by atoms with Crippen molar-refractivity contribution in [1.82, 2.24) is 4.98 Å². The van der Waals surface area contributed by atoms with Gasteiger partial charge in [-0.2, -0.15) is 0 Å². The van der Waals surface area contributed by atoms with Crippen LogP contribution < -0.4 is 10.5 Å². The van der Waals surface area contributed by atoms with Gasteiger partial charge in [-0.1, -0.05) is 12.1 Å². The zero-order valence-corrected chi connectivity index (χ0v) is 12.2. The number of anilines is 1. The summed E-state index contributed by atoms with van der Waals surface area (Å²) in [6, 6.07) is 11.6. The summed E-state index contributed by atoms with van der Waals surface area (Å²) in [6.45, 7) is 2.11. The number of pyridine rings is 1. The molecule has 1 aromatic heterocycles. The molecule has 2 N–H and O–H groups in total. The molecule has 0 unspecified atom stereocenters. The largest absolute Gasteiger partial charge is 0.491 e. The third kappa shape index (κ3) is 5.83. The average molecular weight is 286 g/mol. The number of hydrogen-bond donors (Lipinski definition) is 1. The quantitative estimate of drug-likeness (QED) is 0.568. The summed E-state index contributed by atoms with van der Waals surface area (Å²) in [7, 11) is 0. The molecule has 0 spiro atoms. The lowest BCUT2D eigenvalue weighted by atomic mass is 10.1. The maximum absolute atomic E-state index is 5.80. The van der Waals surface area contributed by atoms with E-state index in [1.807, 2.05) is 48.8 Å². The first kappa shape index (κ1) is 15.3. The van der Waals surface area contributed by atoms with Gasteiger partial charge in [-0.3, -0.25) is 4.98 Å². The standard InChI is InChI=1S/C17H22N2O2/c18-16-6-1-2-7-17(16)21-14-4-13-20-12-3-5-15-8-10-19-11-9-15/h1-2,6-11H,3-5,12-14,18H2. The van der Waals surface area contributed by atoms with Gasteiger partial charge in [-0.15, -0.1) is 0 Å². The molecule has 4 heteroatoms. The van der Waals surface area contributed by atoms with Gasteiger partial charge in [-0.25, -0.2) is 0 Å². The Morgan fingerprint density at radius 3 is 2.48 bits per heavy atom. The van der Waals surface area contributed by atoms with E-state index in [-0.39, 0.29) is 0 Å². The van der Waals surface area contributed by atoms with E-state index >= 15 is 0 Å². The minimum absolute atomic E-state index is 0.624. The molecule has 2 rings (SSSR count). The summed E-state index contributed by atoms with van der Waals surface area (Å²) in [6.07, 6.45) is 6.56. The van der Waals surface area contributed by atoms with Gasteiger partial charge in [0.05, 0.1) is 12.3 Å². The van der Waals surface area contributed by atoms with Gasteiger partial charge in [0.25, 0.3) is 0 Å². The van der Waals surface area contributed by atoms with Crippen LogP contribution in [-0.2, 0) is 11.2 Å². The molecule has 0 fully saturated rings. The number of para-hydroxylation sites is 2. The molecule has 2 aromatic rings. The molecule has 0 saturated heterocycles. The summed E-state index contributed by atoms with van der Waals surface area (Å²) in [5.41, 5.74) is 7.77. The molecule has 0 radical (unpaired) electrons. The third-order valence-electron chi connectivity index (χ3n) is 3.11. The Bertz CT molecular complexity index is 517. The number of benzene rings is 1. The van der Waals surface area contributed by atoms with Crippen molar-refractivity contribution >= 4 is 5.69 Å². The van der Waals surface area contributed by atoms with E-state index < -0.39 is 0 Å². The molecule has 1 aromatic carbocycles. The van der Waals surface area contributed by atoms with E-state index in [4.69, 9.17) is 15.2 Å². The molecule has 0 bridgehead atoms. The van der Waals surface area contributed by atoms with Crippen LogP contribution in [0.3, 0.4) is 0 Å². The summed E-state index contributed by atoms with van der Waals surface area (Å²) in [4.78, 5) is 4.00. The molecular formula is C17H22N2O2. The Balaban J connectivity index is 1.48. The molecule has 112 valence electrons. The fourth-order valence-electron chi connectivity index (χ4n) is 1.98. The van der Waals surface area contributed by atoms with Gasteiger partial charge in [-0.05, 0) is 42.7 Å². The highest BCUT2D eigenvalue weighted by atomic mass is 16.5. The smallest absolute Gasteiger partial charge is 0.142 e. The Labute approximate surface area is 125 Å². The van der Waals surface area contributed by atoms with Crippen molar-refractivity contribution in [3.05, 3.63) is 54.4 Å². The van der Waals surface area contributed by atoms with Gasteiger partial charge in [0.15, 0.2) is 0 Å². The van der Waals surface area contributed by atoms with E-state index in [1.165, 1.54) is 5.56 Å². The van der Waals surface area contributed by atoms with Gasteiger partial charge >= 0.3 is 0 Å². The average Bonchev–Trinajstić information content (AvgIpc) is 2.52. The second-order valence-corrected chi connectivity index (χ2v) is 4.81. The van der Waals surface area contributed by atoms with Gasteiger partial charge in [0.1, 0.15) is 5.75 Å². The number of nitrogens with two attached hydrogens (primary N) is 1. The maximum Gasteiger partial charge on any atom is 0.142 e. The number of nitrogen functional groups attached to an aromatic ring is 1.